The number of hydrogen-bond donors (Lipinski definition) is 1. The average Bonchev–Trinajstić information content (AvgIpc) is 3.13. The molecule has 0 bridgehead atoms. The smallest absolute Gasteiger partial charge is 0.306 e. The standard InChI is InChI=1S/C30H46O3/c1-21(2)11-9-8-10-15-27(5)16-12-23-28(6)17-14-24(31)26(3,4)22(28)13-18-29(23,7)30(27)19-25(32)33-20-30/h8-11,15,22-24,31H,12-14,16-20H2,1-7H3/b9-8+,15-10+/t22?,23?,24?,27-,28-,29+,30-/m0/s1. The van der Waals surface area contributed by atoms with E-state index in [2.05, 4.69) is 78.8 Å². The number of carbonyl (C=O) groups is 1. The van der Waals surface area contributed by atoms with Crippen LogP contribution in [0.2, 0.25) is 0 Å². The molecule has 3 nitrogen and oxygen atoms in total. The topological polar surface area (TPSA) is 46.5 Å². The Morgan fingerprint density at radius 2 is 1.64 bits per heavy atom. The zero-order chi connectivity index (χ0) is 24.3. The van der Waals surface area contributed by atoms with Crippen LogP contribution < -0.4 is 0 Å². The minimum atomic E-state index is -0.213. The first-order valence-corrected chi connectivity index (χ1v) is 13.2. The van der Waals surface area contributed by atoms with E-state index < -0.39 is 0 Å². The Hall–Kier alpha value is -1.35. The first-order valence-electron chi connectivity index (χ1n) is 13.2. The Bertz CT molecular complexity index is 877. The lowest BCUT2D eigenvalue weighted by atomic mass is 9.33. The van der Waals surface area contributed by atoms with Gasteiger partial charge in [-0.1, -0.05) is 70.6 Å². The van der Waals surface area contributed by atoms with E-state index in [1.54, 1.807) is 0 Å². The highest BCUT2D eigenvalue weighted by molar-refractivity contribution is 5.73. The second kappa shape index (κ2) is 8.11. The third kappa shape index (κ3) is 3.51. The molecule has 1 saturated heterocycles. The second-order valence-electron chi connectivity index (χ2n) is 13.3. The molecule has 7 atom stereocenters. The van der Waals surface area contributed by atoms with E-state index in [0.29, 0.717) is 24.9 Å². The zero-order valence-electron chi connectivity index (χ0n) is 22.0. The number of esters is 1. The highest BCUT2D eigenvalue weighted by Crippen LogP contribution is 2.76. The molecule has 3 heteroatoms. The maximum Gasteiger partial charge on any atom is 0.306 e. The molecule has 3 unspecified atom stereocenters. The van der Waals surface area contributed by atoms with Crippen LogP contribution in [-0.4, -0.2) is 23.8 Å². The molecule has 0 radical (unpaired) electrons. The normalized spacial score (nSPS) is 46.9. The molecule has 1 spiro atoms. The van der Waals surface area contributed by atoms with Crippen molar-refractivity contribution in [3.05, 3.63) is 36.0 Å². The Morgan fingerprint density at radius 3 is 2.27 bits per heavy atom. The van der Waals surface area contributed by atoms with Crippen LogP contribution in [0.5, 0.6) is 0 Å². The average molecular weight is 455 g/mol. The fraction of sp³-hybridized carbons (Fsp3) is 0.767. The number of aliphatic hydroxyl groups excluding tert-OH is 1. The van der Waals surface area contributed by atoms with E-state index in [1.165, 1.54) is 12.0 Å². The summed E-state index contributed by atoms with van der Waals surface area (Å²) in [6.07, 6.45) is 17.7. The molecule has 4 rings (SSSR count). The summed E-state index contributed by atoms with van der Waals surface area (Å²) in [5, 5.41) is 10.9. The van der Waals surface area contributed by atoms with Crippen LogP contribution in [-0.2, 0) is 9.53 Å². The monoisotopic (exact) mass is 454 g/mol. The third-order valence-electron chi connectivity index (χ3n) is 11.2. The number of cyclic esters (lactones) is 1. The molecule has 1 heterocycles. The van der Waals surface area contributed by atoms with Crippen LogP contribution in [0, 0.1) is 38.9 Å². The Kier molecular flexibility index (Phi) is 6.08. The van der Waals surface area contributed by atoms with Gasteiger partial charge in [-0.05, 0) is 85.9 Å². The lowest BCUT2D eigenvalue weighted by Gasteiger charge is -2.71. The molecule has 0 aromatic heterocycles. The van der Waals surface area contributed by atoms with Crippen molar-refractivity contribution in [3.63, 3.8) is 0 Å². The van der Waals surface area contributed by atoms with E-state index in [0.717, 1.165) is 32.1 Å². The predicted molar refractivity (Wildman–Crippen MR) is 135 cm³/mol. The molecule has 0 aromatic rings. The van der Waals surface area contributed by atoms with Gasteiger partial charge in [-0.25, -0.2) is 0 Å². The molecule has 1 aliphatic heterocycles. The summed E-state index contributed by atoms with van der Waals surface area (Å²) in [5.41, 5.74) is 1.23. The molecule has 3 saturated carbocycles. The molecule has 3 aliphatic carbocycles. The van der Waals surface area contributed by atoms with Gasteiger partial charge >= 0.3 is 5.97 Å². The molecule has 33 heavy (non-hydrogen) atoms. The number of rotatable bonds is 3. The summed E-state index contributed by atoms with van der Waals surface area (Å²) in [7, 11) is 0. The molecular formula is C30H46O3. The maximum absolute atomic E-state index is 12.7. The van der Waals surface area contributed by atoms with Crippen LogP contribution >= 0.6 is 0 Å². The molecule has 4 fully saturated rings. The third-order valence-corrected chi connectivity index (χ3v) is 11.2. The Balaban J connectivity index is 1.74. The highest BCUT2D eigenvalue weighted by Gasteiger charge is 2.72. The van der Waals surface area contributed by atoms with Crippen LogP contribution in [0.25, 0.3) is 0 Å². The van der Waals surface area contributed by atoms with Crippen molar-refractivity contribution < 1.29 is 14.6 Å². The van der Waals surface area contributed by atoms with Gasteiger partial charge < -0.3 is 9.84 Å². The lowest BCUT2D eigenvalue weighted by molar-refractivity contribution is -0.237. The van der Waals surface area contributed by atoms with Gasteiger partial charge in [0.25, 0.3) is 0 Å². The largest absolute Gasteiger partial charge is 0.465 e. The molecule has 0 amide bonds. The first-order chi connectivity index (χ1) is 15.3. The van der Waals surface area contributed by atoms with E-state index in [9.17, 15) is 9.90 Å². The number of hydrogen-bond acceptors (Lipinski definition) is 3. The molecule has 0 aromatic carbocycles. The Morgan fingerprint density at radius 1 is 0.939 bits per heavy atom. The van der Waals surface area contributed by atoms with Crippen molar-refractivity contribution >= 4 is 5.97 Å². The minimum Gasteiger partial charge on any atom is -0.465 e. The van der Waals surface area contributed by atoms with Crippen molar-refractivity contribution in [3.8, 4) is 0 Å². The van der Waals surface area contributed by atoms with Gasteiger partial charge in [0.1, 0.15) is 0 Å². The summed E-state index contributed by atoms with van der Waals surface area (Å²) >= 11 is 0. The van der Waals surface area contributed by atoms with Gasteiger partial charge in [0.2, 0.25) is 0 Å². The van der Waals surface area contributed by atoms with E-state index in [4.69, 9.17) is 4.74 Å². The van der Waals surface area contributed by atoms with Crippen molar-refractivity contribution in [2.24, 2.45) is 38.9 Å². The number of carbonyl (C=O) groups excluding carboxylic acids is 1. The SMILES string of the molecule is CC(C)=C/C=C/C=C/[C@@]1(C)CCC2[C@@]3(C)CCC(O)C(C)(C)C3CC[C@@]2(C)[C@@]12COC(=O)C2. The number of ether oxygens (including phenoxy) is 1. The summed E-state index contributed by atoms with van der Waals surface area (Å²) in [6, 6.07) is 0. The van der Waals surface area contributed by atoms with Crippen LogP contribution in [0.1, 0.15) is 93.4 Å². The van der Waals surface area contributed by atoms with Crippen molar-refractivity contribution in [1.29, 1.82) is 0 Å². The number of allylic oxidation sites excluding steroid dienone is 6. The molecular weight excluding hydrogens is 408 g/mol. The first kappa shape index (κ1) is 24.8. The maximum atomic E-state index is 12.7. The van der Waals surface area contributed by atoms with Crippen molar-refractivity contribution in [1.82, 2.24) is 0 Å². The van der Waals surface area contributed by atoms with Crippen molar-refractivity contribution in [2.75, 3.05) is 6.61 Å². The summed E-state index contributed by atoms with van der Waals surface area (Å²) in [5.74, 6) is 1.05. The summed E-state index contributed by atoms with van der Waals surface area (Å²) in [4.78, 5) is 12.7. The van der Waals surface area contributed by atoms with Gasteiger partial charge in [-0.2, -0.15) is 0 Å². The summed E-state index contributed by atoms with van der Waals surface area (Å²) < 4.78 is 5.80. The van der Waals surface area contributed by atoms with E-state index in [1.807, 2.05) is 0 Å². The quantitative estimate of drug-likeness (QED) is 0.368. The fourth-order valence-electron chi connectivity index (χ4n) is 9.21. The lowest BCUT2D eigenvalue weighted by Crippen LogP contribution is -2.67. The fourth-order valence-corrected chi connectivity index (χ4v) is 9.21. The van der Waals surface area contributed by atoms with Gasteiger partial charge in [-0.3, -0.25) is 4.79 Å². The van der Waals surface area contributed by atoms with E-state index >= 15 is 0 Å². The van der Waals surface area contributed by atoms with Crippen LogP contribution in [0.4, 0.5) is 0 Å². The van der Waals surface area contributed by atoms with Gasteiger partial charge in [0.15, 0.2) is 0 Å². The predicted octanol–water partition coefficient (Wildman–Crippen LogP) is 7.02. The van der Waals surface area contributed by atoms with Crippen LogP contribution in [0.3, 0.4) is 0 Å². The van der Waals surface area contributed by atoms with Crippen molar-refractivity contribution in [2.45, 2.75) is 99.5 Å². The molecule has 184 valence electrons. The van der Waals surface area contributed by atoms with Gasteiger partial charge in [-0.15, -0.1) is 0 Å². The summed E-state index contributed by atoms with van der Waals surface area (Å²) in [6.45, 7) is 16.7. The molecule has 1 N–H and O–H groups in total. The minimum absolute atomic E-state index is 0.0248. The van der Waals surface area contributed by atoms with Gasteiger partial charge in [0, 0.05) is 5.41 Å². The second-order valence-corrected chi connectivity index (χ2v) is 13.3. The van der Waals surface area contributed by atoms with Crippen LogP contribution in [0.15, 0.2) is 36.0 Å². The zero-order valence-corrected chi connectivity index (χ0v) is 22.0. The highest BCUT2D eigenvalue weighted by atomic mass is 16.5. The Labute approximate surface area is 201 Å². The number of aliphatic hydroxyl groups is 1. The number of fused-ring (bicyclic) bond motifs is 4. The van der Waals surface area contributed by atoms with E-state index in [-0.39, 0.29) is 39.1 Å². The van der Waals surface area contributed by atoms with Gasteiger partial charge in [0.05, 0.1) is 19.1 Å². The molecule has 4 aliphatic rings.